The fraction of sp³-hybridized carbons (Fsp3) is 0.267. The average Bonchev–Trinajstić information content (AvgIpc) is 3.07. The van der Waals surface area contributed by atoms with Crippen LogP contribution in [0, 0.1) is 0 Å². The Kier molecular flexibility index (Phi) is 3.72. The van der Waals surface area contributed by atoms with E-state index in [0.29, 0.717) is 5.75 Å². The van der Waals surface area contributed by atoms with Crippen LogP contribution in [0.15, 0.2) is 41.8 Å². The Balaban J connectivity index is 1.92. The van der Waals surface area contributed by atoms with Crippen LogP contribution in [-0.2, 0) is 4.79 Å². The molecule has 0 saturated carbocycles. The summed E-state index contributed by atoms with van der Waals surface area (Å²) >= 11 is 3.40. The molecular weight excluding hydrogens is 288 g/mol. The second-order valence-corrected chi connectivity index (χ2v) is 6.90. The summed E-state index contributed by atoms with van der Waals surface area (Å²) in [5.41, 5.74) is 2.12. The molecule has 0 aliphatic carbocycles. The van der Waals surface area contributed by atoms with Crippen LogP contribution in [0.4, 0.5) is 11.4 Å². The second-order valence-electron chi connectivity index (χ2n) is 4.85. The van der Waals surface area contributed by atoms with E-state index >= 15 is 0 Å². The molecule has 1 saturated heterocycles. The smallest absolute Gasteiger partial charge is 0.238 e. The number of carbonyl (C=O) groups excluding carboxylic acids is 1. The number of amides is 1. The monoisotopic (exact) mass is 304 g/mol. The standard InChI is InChI=1S/C15H16N2OS2/c1-16(2)11-5-7-12(8-6-11)17-14(18)10-20-15(17)13-4-3-9-19-13/h3-9,15H,10H2,1-2H3. The van der Waals surface area contributed by atoms with E-state index in [4.69, 9.17) is 0 Å². The number of hydrogen-bond donors (Lipinski definition) is 0. The zero-order valence-corrected chi connectivity index (χ0v) is 13.1. The van der Waals surface area contributed by atoms with Crippen molar-refractivity contribution in [3.8, 4) is 0 Å². The van der Waals surface area contributed by atoms with Gasteiger partial charge in [0.1, 0.15) is 5.37 Å². The Hall–Kier alpha value is -1.46. The quantitative estimate of drug-likeness (QED) is 0.866. The lowest BCUT2D eigenvalue weighted by Gasteiger charge is -2.24. The lowest BCUT2D eigenvalue weighted by Crippen LogP contribution is -2.27. The Bertz CT molecular complexity index is 593. The maximum atomic E-state index is 12.2. The molecule has 1 unspecified atom stereocenters. The number of thiophene rings is 1. The van der Waals surface area contributed by atoms with E-state index in [1.54, 1.807) is 23.1 Å². The fourth-order valence-corrected chi connectivity index (χ4v) is 4.39. The summed E-state index contributed by atoms with van der Waals surface area (Å²) in [6, 6.07) is 12.3. The average molecular weight is 304 g/mol. The number of anilines is 2. The molecule has 1 fully saturated rings. The van der Waals surface area contributed by atoms with Crippen molar-refractivity contribution in [2.75, 3.05) is 29.6 Å². The highest BCUT2D eigenvalue weighted by Crippen LogP contribution is 2.43. The molecule has 1 aliphatic heterocycles. The van der Waals surface area contributed by atoms with Crippen LogP contribution in [0.5, 0.6) is 0 Å². The van der Waals surface area contributed by atoms with Gasteiger partial charge in [0.25, 0.3) is 0 Å². The van der Waals surface area contributed by atoms with Gasteiger partial charge in [0.05, 0.1) is 5.75 Å². The molecule has 2 aromatic rings. The number of nitrogens with zero attached hydrogens (tertiary/aromatic N) is 2. The number of rotatable bonds is 3. The van der Waals surface area contributed by atoms with Gasteiger partial charge in [0, 0.05) is 30.3 Å². The molecule has 20 heavy (non-hydrogen) atoms. The Morgan fingerprint density at radius 1 is 1.20 bits per heavy atom. The zero-order valence-electron chi connectivity index (χ0n) is 11.4. The highest BCUT2D eigenvalue weighted by Gasteiger charge is 2.34. The first-order valence-corrected chi connectivity index (χ1v) is 8.34. The molecule has 1 amide bonds. The van der Waals surface area contributed by atoms with Crippen LogP contribution in [0.3, 0.4) is 0 Å². The van der Waals surface area contributed by atoms with Crippen LogP contribution in [0.25, 0.3) is 0 Å². The van der Waals surface area contributed by atoms with Gasteiger partial charge in [-0.3, -0.25) is 9.69 Å². The molecule has 0 spiro atoms. The van der Waals surface area contributed by atoms with Gasteiger partial charge in [0.2, 0.25) is 5.91 Å². The Morgan fingerprint density at radius 3 is 2.55 bits per heavy atom. The van der Waals surface area contributed by atoms with Crippen LogP contribution in [-0.4, -0.2) is 25.8 Å². The van der Waals surface area contributed by atoms with Crippen molar-refractivity contribution in [1.82, 2.24) is 0 Å². The van der Waals surface area contributed by atoms with E-state index in [2.05, 4.69) is 28.5 Å². The highest BCUT2D eigenvalue weighted by atomic mass is 32.2. The molecule has 1 aromatic heterocycles. The van der Waals surface area contributed by atoms with Gasteiger partial charge in [-0.25, -0.2) is 0 Å². The highest BCUT2D eigenvalue weighted by molar-refractivity contribution is 8.01. The van der Waals surface area contributed by atoms with Crippen molar-refractivity contribution < 1.29 is 4.79 Å². The van der Waals surface area contributed by atoms with E-state index < -0.39 is 0 Å². The maximum absolute atomic E-state index is 12.2. The second kappa shape index (κ2) is 5.50. The van der Waals surface area contributed by atoms with Crippen LogP contribution in [0.1, 0.15) is 10.3 Å². The van der Waals surface area contributed by atoms with Gasteiger partial charge in [0.15, 0.2) is 0 Å². The molecule has 5 heteroatoms. The number of hydrogen-bond acceptors (Lipinski definition) is 4. The summed E-state index contributed by atoms with van der Waals surface area (Å²) in [4.78, 5) is 17.4. The maximum Gasteiger partial charge on any atom is 0.238 e. The van der Waals surface area contributed by atoms with E-state index in [1.807, 2.05) is 37.2 Å². The summed E-state index contributed by atoms with van der Waals surface area (Å²) in [5, 5.41) is 2.18. The van der Waals surface area contributed by atoms with Crippen molar-refractivity contribution in [2.45, 2.75) is 5.37 Å². The van der Waals surface area contributed by atoms with Gasteiger partial charge >= 0.3 is 0 Å². The Morgan fingerprint density at radius 2 is 1.95 bits per heavy atom. The normalized spacial score (nSPS) is 18.6. The molecule has 1 atom stereocenters. The largest absolute Gasteiger partial charge is 0.378 e. The molecular formula is C15H16N2OS2. The summed E-state index contributed by atoms with van der Waals surface area (Å²) in [6.07, 6.45) is 0. The summed E-state index contributed by atoms with van der Waals surface area (Å²) in [6.45, 7) is 0. The molecule has 104 valence electrons. The van der Waals surface area contributed by atoms with Gasteiger partial charge < -0.3 is 4.90 Å². The van der Waals surface area contributed by atoms with Crippen LogP contribution < -0.4 is 9.80 Å². The first kappa shape index (κ1) is 13.5. The molecule has 0 radical (unpaired) electrons. The molecule has 0 N–H and O–H groups in total. The third-order valence-corrected chi connectivity index (χ3v) is 5.57. The van der Waals surface area contributed by atoms with E-state index in [9.17, 15) is 4.79 Å². The summed E-state index contributed by atoms with van der Waals surface area (Å²) < 4.78 is 0. The third kappa shape index (κ3) is 2.43. The van der Waals surface area contributed by atoms with Crippen molar-refractivity contribution in [3.63, 3.8) is 0 Å². The molecule has 1 aromatic carbocycles. The predicted molar refractivity (Wildman–Crippen MR) is 87.8 cm³/mol. The van der Waals surface area contributed by atoms with Gasteiger partial charge in [-0.15, -0.1) is 23.1 Å². The minimum Gasteiger partial charge on any atom is -0.378 e. The van der Waals surface area contributed by atoms with Gasteiger partial charge in [-0.2, -0.15) is 0 Å². The van der Waals surface area contributed by atoms with E-state index in [1.165, 1.54) is 4.88 Å². The summed E-state index contributed by atoms with van der Waals surface area (Å²) in [7, 11) is 4.03. The summed E-state index contributed by atoms with van der Waals surface area (Å²) in [5.74, 6) is 0.740. The fourth-order valence-electron chi connectivity index (χ4n) is 2.26. The number of carbonyl (C=O) groups is 1. The zero-order chi connectivity index (χ0) is 14.1. The lowest BCUT2D eigenvalue weighted by molar-refractivity contribution is -0.115. The first-order valence-electron chi connectivity index (χ1n) is 6.41. The van der Waals surface area contributed by atoms with Gasteiger partial charge in [-0.1, -0.05) is 6.07 Å². The van der Waals surface area contributed by atoms with E-state index in [0.717, 1.165) is 11.4 Å². The number of benzene rings is 1. The molecule has 1 aliphatic rings. The minimum absolute atomic E-state index is 0.118. The third-order valence-electron chi connectivity index (χ3n) is 3.30. The number of thioether (sulfide) groups is 1. The molecule has 3 nitrogen and oxygen atoms in total. The lowest BCUT2D eigenvalue weighted by atomic mass is 10.2. The van der Waals surface area contributed by atoms with E-state index in [-0.39, 0.29) is 11.3 Å². The molecule has 2 heterocycles. The molecule has 0 bridgehead atoms. The van der Waals surface area contributed by atoms with Crippen LogP contribution >= 0.6 is 23.1 Å². The molecule has 3 rings (SSSR count). The van der Waals surface area contributed by atoms with Crippen LogP contribution in [0.2, 0.25) is 0 Å². The minimum atomic E-state index is 0.118. The first-order chi connectivity index (χ1) is 9.66. The SMILES string of the molecule is CN(C)c1ccc(N2C(=O)CSC2c2cccs2)cc1. The Labute approximate surface area is 127 Å². The van der Waals surface area contributed by atoms with Crippen molar-refractivity contribution >= 4 is 40.4 Å². The predicted octanol–water partition coefficient (Wildman–Crippen LogP) is 3.59. The van der Waals surface area contributed by atoms with Crippen molar-refractivity contribution in [1.29, 1.82) is 0 Å². The topological polar surface area (TPSA) is 23.6 Å². The van der Waals surface area contributed by atoms with Crippen molar-refractivity contribution in [3.05, 3.63) is 46.7 Å². The van der Waals surface area contributed by atoms with Gasteiger partial charge in [-0.05, 0) is 35.7 Å². The van der Waals surface area contributed by atoms with Crippen molar-refractivity contribution in [2.24, 2.45) is 0 Å².